The molecule has 26 heavy (non-hydrogen) atoms. The van der Waals surface area contributed by atoms with Crippen molar-refractivity contribution in [1.29, 1.82) is 0 Å². The van der Waals surface area contributed by atoms with E-state index in [1.54, 1.807) is 0 Å². The molecule has 0 spiro atoms. The first-order chi connectivity index (χ1) is 12.7. The van der Waals surface area contributed by atoms with Gasteiger partial charge in [0.05, 0.1) is 6.61 Å². The average molecular weight is 360 g/mol. The highest BCUT2D eigenvalue weighted by Crippen LogP contribution is 2.27. The molecule has 0 aromatic heterocycles. The lowest BCUT2D eigenvalue weighted by Crippen LogP contribution is -2.38. The zero-order valence-electron chi connectivity index (χ0n) is 15.9. The predicted molar refractivity (Wildman–Crippen MR) is 104 cm³/mol. The molecule has 5 heteroatoms. The Labute approximate surface area is 157 Å². The summed E-state index contributed by atoms with van der Waals surface area (Å²) in [5, 5.41) is 2.82. The molecule has 1 saturated heterocycles. The van der Waals surface area contributed by atoms with Gasteiger partial charge in [0.2, 0.25) is 0 Å². The van der Waals surface area contributed by atoms with E-state index in [0.29, 0.717) is 6.04 Å². The van der Waals surface area contributed by atoms with Crippen LogP contribution in [0.3, 0.4) is 0 Å². The van der Waals surface area contributed by atoms with E-state index in [0.717, 1.165) is 56.6 Å². The molecule has 1 N–H and O–H groups in total. The fourth-order valence-electron chi connectivity index (χ4n) is 3.90. The number of nitrogens with one attached hydrogen (secondary N) is 1. The van der Waals surface area contributed by atoms with Crippen LogP contribution < -0.4 is 10.1 Å². The van der Waals surface area contributed by atoms with Gasteiger partial charge in [-0.3, -0.25) is 5.32 Å². The number of amides is 1. The Hall–Kier alpha value is -1.75. The first-order valence-electron chi connectivity index (χ1n) is 10.2. The molecule has 0 bridgehead atoms. The van der Waals surface area contributed by atoms with Crippen molar-refractivity contribution in [3.8, 4) is 5.75 Å². The summed E-state index contributed by atoms with van der Waals surface area (Å²) in [5.74, 6) is 0.831. The van der Waals surface area contributed by atoms with Crippen LogP contribution in [0.5, 0.6) is 5.75 Å². The Morgan fingerprint density at radius 2 is 1.81 bits per heavy atom. The van der Waals surface area contributed by atoms with Gasteiger partial charge in [0, 0.05) is 11.7 Å². The van der Waals surface area contributed by atoms with E-state index in [1.165, 1.54) is 25.9 Å². The standard InChI is InChI=1S/C21H32N2O3/c1-2-3-16-25-19-10-6-17(7-11-19)22-21(24)26-20-12-8-18(9-13-20)23-14-4-5-15-23/h6-7,10-11,18,20H,2-5,8-9,12-16H2,1H3,(H,22,24). The van der Waals surface area contributed by atoms with Crippen molar-refractivity contribution in [2.24, 2.45) is 0 Å². The van der Waals surface area contributed by atoms with E-state index >= 15 is 0 Å². The number of likely N-dealkylation sites (tertiary alicyclic amines) is 1. The molecule has 1 aromatic carbocycles. The van der Waals surface area contributed by atoms with Gasteiger partial charge in [0.25, 0.3) is 0 Å². The largest absolute Gasteiger partial charge is 0.494 e. The van der Waals surface area contributed by atoms with Crippen molar-refractivity contribution in [2.45, 2.75) is 70.4 Å². The zero-order valence-corrected chi connectivity index (χ0v) is 15.9. The number of hydrogen-bond donors (Lipinski definition) is 1. The summed E-state index contributed by atoms with van der Waals surface area (Å²) < 4.78 is 11.2. The maximum Gasteiger partial charge on any atom is 0.411 e. The second-order valence-electron chi connectivity index (χ2n) is 7.43. The van der Waals surface area contributed by atoms with Crippen LogP contribution in [0.25, 0.3) is 0 Å². The molecule has 0 atom stereocenters. The molecule has 0 radical (unpaired) electrons. The van der Waals surface area contributed by atoms with Gasteiger partial charge in [-0.05, 0) is 82.3 Å². The van der Waals surface area contributed by atoms with Crippen LogP contribution in [-0.4, -0.2) is 42.8 Å². The monoisotopic (exact) mass is 360 g/mol. The second-order valence-corrected chi connectivity index (χ2v) is 7.43. The number of rotatable bonds is 7. The third kappa shape index (κ3) is 5.63. The normalized spacial score (nSPS) is 23.6. The molecule has 1 heterocycles. The average Bonchev–Trinajstić information content (AvgIpc) is 3.19. The fraction of sp³-hybridized carbons (Fsp3) is 0.667. The van der Waals surface area contributed by atoms with Crippen LogP contribution in [0, 0.1) is 0 Å². The quantitative estimate of drug-likeness (QED) is 0.708. The molecule has 3 rings (SSSR count). The topological polar surface area (TPSA) is 50.8 Å². The summed E-state index contributed by atoms with van der Waals surface area (Å²) in [6.45, 7) is 5.36. The molecule has 1 aromatic rings. The van der Waals surface area contributed by atoms with Crippen molar-refractivity contribution in [3.63, 3.8) is 0 Å². The smallest absolute Gasteiger partial charge is 0.411 e. The van der Waals surface area contributed by atoms with Crippen molar-refractivity contribution in [2.75, 3.05) is 25.0 Å². The number of benzene rings is 1. The minimum Gasteiger partial charge on any atom is -0.494 e. The highest BCUT2D eigenvalue weighted by molar-refractivity contribution is 5.84. The summed E-state index contributed by atoms with van der Waals surface area (Å²) in [5.41, 5.74) is 0.739. The third-order valence-electron chi connectivity index (χ3n) is 5.44. The molecule has 2 aliphatic rings. The number of anilines is 1. The van der Waals surface area contributed by atoms with Crippen molar-refractivity contribution >= 4 is 11.8 Å². The molecule has 1 saturated carbocycles. The van der Waals surface area contributed by atoms with Crippen LogP contribution >= 0.6 is 0 Å². The molecule has 5 nitrogen and oxygen atoms in total. The lowest BCUT2D eigenvalue weighted by Gasteiger charge is -2.34. The lowest BCUT2D eigenvalue weighted by atomic mass is 9.92. The number of ether oxygens (including phenoxy) is 2. The summed E-state index contributed by atoms with van der Waals surface area (Å²) in [7, 11) is 0. The highest BCUT2D eigenvalue weighted by Gasteiger charge is 2.29. The van der Waals surface area contributed by atoms with Crippen LogP contribution in [0.2, 0.25) is 0 Å². The lowest BCUT2D eigenvalue weighted by molar-refractivity contribution is 0.0607. The van der Waals surface area contributed by atoms with Crippen molar-refractivity contribution in [1.82, 2.24) is 4.90 Å². The van der Waals surface area contributed by atoms with Gasteiger partial charge in [0.15, 0.2) is 0 Å². The molecule has 1 aliphatic carbocycles. The van der Waals surface area contributed by atoms with Gasteiger partial charge < -0.3 is 14.4 Å². The summed E-state index contributed by atoms with van der Waals surface area (Å²) >= 11 is 0. The van der Waals surface area contributed by atoms with Crippen LogP contribution in [0.4, 0.5) is 10.5 Å². The number of carbonyl (C=O) groups is 1. The summed E-state index contributed by atoms with van der Waals surface area (Å²) in [6.07, 6.45) is 8.75. The molecular formula is C21H32N2O3. The maximum atomic E-state index is 12.1. The first kappa shape index (κ1) is 19.0. The minimum absolute atomic E-state index is 0.0468. The first-order valence-corrected chi connectivity index (χ1v) is 10.2. The number of nitrogens with zero attached hydrogens (tertiary/aromatic N) is 1. The summed E-state index contributed by atoms with van der Waals surface area (Å²) in [6, 6.07) is 8.17. The Kier molecular flexibility index (Phi) is 7.18. The fourth-order valence-corrected chi connectivity index (χ4v) is 3.90. The Morgan fingerprint density at radius 3 is 2.46 bits per heavy atom. The minimum atomic E-state index is -0.353. The molecule has 1 amide bonds. The van der Waals surface area contributed by atoms with Crippen molar-refractivity contribution < 1.29 is 14.3 Å². The number of carbonyl (C=O) groups excluding carboxylic acids is 1. The Morgan fingerprint density at radius 1 is 1.12 bits per heavy atom. The van der Waals surface area contributed by atoms with Gasteiger partial charge in [-0.15, -0.1) is 0 Å². The highest BCUT2D eigenvalue weighted by atomic mass is 16.6. The Bertz CT molecular complexity index is 547. The number of hydrogen-bond acceptors (Lipinski definition) is 4. The van der Waals surface area contributed by atoms with Crippen LogP contribution in [0.15, 0.2) is 24.3 Å². The molecule has 1 aliphatic heterocycles. The van der Waals surface area contributed by atoms with Gasteiger partial charge in [0.1, 0.15) is 11.9 Å². The van der Waals surface area contributed by atoms with Gasteiger partial charge in [-0.1, -0.05) is 13.3 Å². The zero-order chi connectivity index (χ0) is 18.2. The van der Waals surface area contributed by atoms with E-state index in [-0.39, 0.29) is 12.2 Å². The van der Waals surface area contributed by atoms with E-state index in [1.807, 2.05) is 24.3 Å². The molecule has 0 unspecified atom stereocenters. The van der Waals surface area contributed by atoms with Crippen LogP contribution in [0.1, 0.15) is 58.3 Å². The van der Waals surface area contributed by atoms with Crippen molar-refractivity contribution in [3.05, 3.63) is 24.3 Å². The van der Waals surface area contributed by atoms with E-state index in [4.69, 9.17) is 9.47 Å². The van der Waals surface area contributed by atoms with E-state index < -0.39 is 0 Å². The van der Waals surface area contributed by atoms with Gasteiger partial charge in [-0.2, -0.15) is 0 Å². The second kappa shape index (κ2) is 9.81. The SMILES string of the molecule is CCCCOc1ccc(NC(=O)OC2CCC(N3CCCC3)CC2)cc1. The molecular weight excluding hydrogens is 328 g/mol. The molecule has 144 valence electrons. The summed E-state index contributed by atoms with van der Waals surface area (Å²) in [4.78, 5) is 14.8. The van der Waals surface area contributed by atoms with E-state index in [2.05, 4.69) is 17.1 Å². The van der Waals surface area contributed by atoms with Crippen LogP contribution in [-0.2, 0) is 4.74 Å². The molecule has 2 fully saturated rings. The number of unbranched alkanes of at least 4 members (excludes halogenated alkanes) is 1. The maximum absolute atomic E-state index is 12.1. The third-order valence-corrected chi connectivity index (χ3v) is 5.44. The van der Waals surface area contributed by atoms with Gasteiger partial charge >= 0.3 is 6.09 Å². The van der Waals surface area contributed by atoms with Gasteiger partial charge in [-0.25, -0.2) is 4.79 Å². The van der Waals surface area contributed by atoms with E-state index in [9.17, 15) is 4.79 Å². The predicted octanol–water partition coefficient (Wildman–Crippen LogP) is 4.82. The Balaban J connectivity index is 1.37.